The molecule has 0 radical (unpaired) electrons. The average Bonchev–Trinajstić information content (AvgIpc) is 2.59. The molecule has 0 unspecified atom stereocenters. The second-order valence-corrected chi connectivity index (χ2v) is 4.83. The van der Waals surface area contributed by atoms with E-state index in [1.54, 1.807) is 6.92 Å². The number of aromatic nitrogens is 2. The maximum absolute atomic E-state index is 12.7. The van der Waals surface area contributed by atoms with Crippen LogP contribution in [-0.4, -0.2) is 9.97 Å². The van der Waals surface area contributed by atoms with Gasteiger partial charge < -0.3 is 4.98 Å². The van der Waals surface area contributed by atoms with E-state index in [0.717, 1.165) is 22.3 Å². The molecule has 0 aliphatic heterocycles. The Morgan fingerprint density at radius 2 is 1.53 bits per heavy atom. The predicted molar refractivity (Wildman–Crippen MR) is 68.0 cm³/mol. The first kappa shape index (κ1) is 13.6. The van der Waals surface area contributed by atoms with Crippen molar-refractivity contribution in [1.29, 1.82) is 0 Å². The summed E-state index contributed by atoms with van der Waals surface area (Å²) in [5.41, 5.74) is 4.53. The average molecular weight is 268 g/mol. The van der Waals surface area contributed by atoms with Crippen LogP contribution in [0.25, 0.3) is 11.3 Å². The van der Waals surface area contributed by atoms with E-state index in [0.29, 0.717) is 11.4 Å². The van der Waals surface area contributed by atoms with Crippen molar-refractivity contribution in [2.75, 3.05) is 0 Å². The van der Waals surface area contributed by atoms with Crippen LogP contribution in [-0.2, 0) is 6.18 Å². The normalized spacial score (nSPS) is 11.9. The van der Waals surface area contributed by atoms with Crippen LogP contribution < -0.4 is 0 Å². The molecule has 19 heavy (non-hydrogen) atoms. The largest absolute Gasteiger partial charge is 0.449 e. The van der Waals surface area contributed by atoms with Crippen LogP contribution >= 0.6 is 0 Å². The molecule has 102 valence electrons. The number of aryl methyl sites for hydroxylation is 4. The predicted octanol–water partition coefficient (Wildman–Crippen LogP) is 4.33. The second kappa shape index (κ2) is 4.40. The number of alkyl halides is 3. The highest BCUT2D eigenvalue weighted by atomic mass is 19.4. The molecule has 1 heterocycles. The highest BCUT2D eigenvalue weighted by molar-refractivity contribution is 5.70. The van der Waals surface area contributed by atoms with E-state index < -0.39 is 12.0 Å². The molecule has 0 bridgehead atoms. The van der Waals surface area contributed by atoms with Gasteiger partial charge in [0.25, 0.3) is 0 Å². The maximum atomic E-state index is 12.7. The Morgan fingerprint density at radius 3 is 1.95 bits per heavy atom. The number of nitrogens with zero attached hydrogens (tertiary/aromatic N) is 1. The van der Waals surface area contributed by atoms with E-state index in [9.17, 15) is 13.2 Å². The van der Waals surface area contributed by atoms with Crippen LogP contribution in [0.1, 0.15) is 28.2 Å². The summed E-state index contributed by atoms with van der Waals surface area (Å²) in [5.74, 6) is -0.945. The van der Waals surface area contributed by atoms with E-state index >= 15 is 0 Å². The third kappa shape index (κ3) is 2.50. The minimum absolute atomic E-state index is 0.377. The number of nitrogens with one attached hydrogen (secondary N) is 1. The third-order valence-electron chi connectivity index (χ3n) is 3.07. The quantitative estimate of drug-likeness (QED) is 0.819. The summed E-state index contributed by atoms with van der Waals surface area (Å²) in [6.07, 6.45) is -4.45. The van der Waals surface area contributed by atoms with Gasteiger partial charge in [-0.1, -0.05) is 17.7 Å². The highest BCUT2D eigenvalue weighted by Gasteiger charge is 2.35. The van der Waals surface area contributed by atoms with Gasteiger partial charge in [0.05, 0.1) is 5.69 Å². The number of aromatic amines is 1. The topological polar surface area (TPSA) is 28.7 Å². The molecular weight excluding hydrogens is 253 g/mol. The van der Waals surface area contributed by atoms with Gasteiger partial charge in [0.2, 0.25) is 5.82 Å². The molecule has 0 spiro atoms. The van der Waals surface area contributed by atoms with Crippen LogP contribution in [0.4, 0.5) is 13.2 Å². The number of hydrogen-bond donors (Lipinski definition) is 1. The Balaban J connectivity index is 2.64. The van der Waals surface area contributed by atoms with Crippen molar-refractivity contribution >= 4 is 0 Å². The Bertz CT molecular complexity index is 601. The Morgan fingerprint density at radius 1 is 1.00 bits per heavy atom. The number of hydrogen-bond acceptors (Lipinski definition) is 1. The number of halogens is 3. The minimum atomic E-state index is -4.45. The van der Waals surface area contributed by atoms with Crippen molar-refractivity contribution in [2.45, 2.75) is 33.9 Å². The first-order valence-electron chi connectivity index (χ1n) is 5.92. The molecule has 2 rings (SSSR count). The van der Waals surface area contributed by atoms with E-state index in [1.165, 1.54) is 0 Å². The van der Waals surface area contributed by atoms with Crippen molar-refractivity contribution < 1.29 is 13.2 Å². The van der Waals surface area contributed by atoms with E-state index in [-0.39, 0.29) is 0 Å². The lowest BCUT2D eigenvalue weighted by Crippen LogP contribution is -2.07. The molecule has 0 amide bonds. The summed E-state index contributed by atoms with van der Waals surface area (Å²) < 4.78 is 38.0. The zero-order valence-electron chi connectivity index (χ0n) is 11.2. The fourth-order valence-electron chi connectivity index (χ4n) is 2.39. The van der Waals surface area contributed by atoms with Crippen LogP contribution in [0.15, 0.2) is 12.1 Å². The molecule has 0 atom stereocenters. The molecule has 1 aromatic heterocycles. The molecule has 1 N–H and O–H groups in total. The highest BCUT2D eigenvalue weighted by Crippen LogP contribution is 2.33. The Labute approximate surface area is 109 Å². The van der Waals surface area contributed by atoms with Gasteiger partial charge in [0, 0.05) is 11.3 Å². The van der Waals surface area contributed by atoms with Crippen molar-refractivity contribution in [3.8, 4) is 11.3 Å². The lowest BCUT2D eigenvalue weighted by molar-refractivity contribution is -0.144. The van der Waals surface area contributed by atoms with E-state index in [2.05, 4.69) is 9.97 Å². The van der Waals surface area contributed by atoms with Crippen LogP contribution in [0, 0.1) is 27.7 Å². The zero-order valence-corrected chi connectivity index (χ0v) is 11.2. The van der Waals surface area contributed by atoms with Gasteiger partial charge in [-0.25, -0.2) is 4.98 Å². The summed E-state index contributed by atoms with van der Waals surface area (Å²) >= 11 is 0. The Kier molecular flexibility index (Phi) is 3.16. The standard InChI is InChI=1S/C14H15F3N2/c1-7-5-8(2)11(9(3)6-7)12-10(4)18-13(19-12)14(15,16)17/h5-6H,1-4H3,(H,18,19). The molecule has 1 aromatic carbocycles. The van der Waals surface area contributed by atoms with Crippen molar-refractivity contribution in [2.24, 2.45) is 0 Å². The molecule has 0 fully saturated rings. The molecular formula is C14H15F3N2. The van der Waals surface area contributed by atoms with Crippen LogP contribution in [0.3, 0.4) is 0 Å². The van der Waals surface area contributed by atoms with E-state index in [1.807, 2.05) is 32.9 Å². The smallest absolute Gasteiger partial charge is 0.338 e. The maximum Gasteiger partial charge on any atom is 0.449 e. The third-order valence-corrected chi connectivity index (χ3v) is 3.07. The number of benzene rings is 1. The zero-order chi connectivity index (χ0) is 14.4. The van der Waals surface area contributed by atoms with Gasteiger partial charge in [-0.3, -0.25) is 0 Å². The number of H-pyrrole nitrogens is 1. The van der Waals surface area contributed by atoms with Gasteiger partial charge >= 0.3 is 6.18 Å². The monoisotopic (exact) mass is 268 g/mol. The second-order valence-electron chi connectivity index (χ2n) is 4.83. The van der Waals surface area contributed by atoms with Gasteiger partial charge in [-0.05, 0) is 38.8 Å². The minimum Gasteiger partial charge on any atom is -0.338 e. The van der Waals surface area contributed by atoms with Gasteiger partial charge in [-0.2, -0.15) is 13.2 Å². The molecule has 0 aliphatic rings. The summed E-state index contributed by atoms with van der Waals surface area (Å²) in [7, 11) is 0. The van der Waals surface area contributed by atoms with Gasteiger partial charge in [-0.15, -0.1) is 0 Å². The lowest BCUT2D eigenvalue weighted by Gasteiger charge is -2.10. The van der Waals surface area contributed by atoms with Crippen LogP contribution in [0.5, 0.6) is 0 Å². The first-order valence-corrected chi connectivity index (χ1v) is 5.92. The molecule has 0 aliphatic carbocycles. The Hall–Kier alpha value is -1.78. The summed E-state index contributed by atoms with van der Waals surface area (Å²) in [6.45, 7) is 7.34. The van der Waals surface area contributed by atoms with Crippen molar-refractivity contribution in [3.63, 3.8) is 0 Å². The van der Waals surface area contributed by atoms with Gasteiger partial charge in [0.1, 0.15) is 0 Å². The molecule has 0 saturated carbocycles. The fourth-order valence-corrected chi connectivity index (χ4v) is 2.39. The number of imidazole rings is 1. The van der Waals surface area contributed by atoms with E-state index in [4.69, 9.17) is 0 Å². The lowest BCUT2D eigenvalue weighted by atomic mass is 9.96. The van der Waals surface area contributed by atoms with Crippen molar-refractivity contribution in [1.82, 2.24) is 9.97 Å². The first-order chi connectivity index (χ1) is 8.70. The summed E-state index contributed by atoms with van der Waals surface area (Å²) in [6, 6.07) is 3.90. The van der Waals surface area contributed by atoms with Gasteiger partial charge in [0.15, 0.2) is 0 Å². The SMILES string of the molecule is Cc1cc(C)c(-c2nc(C(F)(F)F)[nH]c2C)c(C)c1. The molecule has 2 aromatic rings. The molecule has 5 heteroatoms. The molecule has 2 nitrogen and oxygen atoms in total. The summed E-state index contributed by atoms with van der Waals surface area (Å²) in [4.78, 5) is 6.04. The summed E-state index contributed by atoms with van der Waals surface area (Å²) in [5, 5.41) is 0. The van der Waals surface area contributed by atoms with Crippen molar-refractivity contribution in [3.05, 3.63) is 40.3 Å². The fraction of sp³-hybridized carbons (Fsp3) is 0.357. The van der Waals surface area contributed by atoms with Crippen LogP contribution in [0.2, 0.25) is 0 Å². The molecule has 0 saturated heterocycles. The number of rotatable bonds is 1.